The van der Waals surface area contributed by atoms with Crippen molar-refractivity contribution in [3.63, 3.8) is 0 Å². The Bertz CT molecular complexity index is 496. The molecule has 0 saturated carbocycles. The van der Waals surface area contributed by atoms with E-state index in [4.69, 9.17) is 29.2 Å². The molecule has 5 N–H and O–H groups in total. The highest BCUT2D eigenvalue weighted by molar-refractivity contribution is 7.80. The van der Waals surface area contributed by atoms with Gasteiger partial charge in [-0.25, -0.2) is 0 Å². The molecule has 0 radical (unpaired) electrons. The van der Waals surface area contributed by atoms with Crippen molar-refractivity contribution < 1.29 is 9.64 Å². The topological polar surface area (TPSA) is 61.8 Å². The highest BCUT2D eigenvalue weighted by atomic mass is 32.1. The molecular weight excluding hydrogens is 318 g/mol. The fraction of sp³-hybridized carbons (Fsp3) is 0.429. The summed E-state index contributed by atoms with van der Waals surface area (Å²) < 4.78 is 5.25. The quantitative estimate of drug-likeness (QED) is 0.281. The van der Waals surface area contributed by atoms with Crippen LogP contribution in [-0.2, 0) is 0 Å². The van der Waals surface area contributed by atoms with Crippen LogP contribution in [0.2, 0.25) is 0 Å². The molecule has 8 heteroatoms. The van der Waals surface area contributed by atoms with Gasteiger partial charge in [0.15, 0.2) is 10.2 Å². The number of hydrogen-bond acceptors (Lipinski definition) is 3. The second kappa shape index (κ2) is 10.1. The van der Waals surface area contributed by atoms with Gasteiger partial charge in [-0.2, -0.15) is 0 Å². The molecule has 22 heavy (non-hydrogen) atoms. The number of thiocarbonyl (C=S) groups is 2. The summed E-state index contributed by atoms with van der Waals surface area (Å²) in [6.07, 6.45) is 1.05. The molecule has 0 unspecified atom stereocenters. The minimum Gasteiger partial charge on any atom is -0.495 e. The van der Waals surface area contributed by atoms with Crippen LogP contribution in [0, 0.1) is 0 Å². The predicted molar refractivity (Wildman–Crippen MR) is 98.4 cm³/mol. The lowest BCUT2D eigenvalue weighted by molar-refractivity contribution is -0.858. The van der Waals surface area contributed by atoms with Gasteiger partial charge in [-0.3, -0.25) is 10.9 Å². The zero-order valence-electron chi connectivity index (χ0n) is 13.2. The van der Waals surface area contributed by atoms with Crippen LogP contribution in [0.5, 0.6) is 5.75 Å². The van der Waals surface area contributed by atoms with Gasteiger partial charge in [-0.1, -0.05) is 12.1 Å². The van der Waals surface area contributed by atoms with Gasteiger partial charge in [-0.05, 0) is 36.6 Å². The van der Waals surface area contributed by atoms with Crippen molar-refractivity contribution in [3.05, 3.63) is 24.3 Å². The van der Waals surface area contributed by atoms with Crippen LogP contribution < -0.4 is 31.1 Å². The van der Waals surface area contributed by atoms with E-state index in [1.807, 2.05) is 24.3 Å². The van der Waals surface area contributed by atoms with Crippen LogP contribution >= 0.6 is 24.4 Å². The van der Waals surface area contributed by atoms with E-state index in [9.17, 15) is 0 Å². The summed E-state index contributed by atoms with van der Waals surface area (Å²) in [6, 6.07) is 7.54. The van der Waals surface area contributed by atoms with Gasteiger partial charge in [0.2, 0.25) is 0 Å². The predicted octanol–water partition coefficient (Wildman–Crippen LogP) is -0.105. The minimum absolute atomic E-state index is 0.409. The Morgan fingerprint density at radius 2 is 1.82 bits per heavy atom. The molecule has 0 heterocycles. The van der Waals surface area contributed by atoms with Crippen molar-refractivity contribution in [1.82, 2.24) is 16.2 Å². The number of quaternary nitrogens is 1. The first-order valence-corrected chi connectivity index (χ1v) is 7.87. The molecular formula is C14H24N5OS2+. The maximum absolute atomic E-state index is 5.25. The number of nitrogens with one attached hydrogen (secondary N) is 5. The Hall–Kier alpha value is -1.64. The molecule has 0 aliphatic rings. The molecule has 0 aromatic heterocycles. The number of ether oxygens (including phenoxy) is 1. The number of anilines is 1. The molecule has 0 aliphatic heterocycles. The van der Waals surface area contributed by atoms with E-state index in [-0.39, 0.29) is 0 Å². The van der Waals surface area contributed by atoms with Gasteiger partial charge in [0, 0.05) is 13.0 Å². The molecule has 6 nitrogen and oxygen atoms in total. The molecule has 1 aromatic carbocycles. The van der Waals surface area contributed by atoms with Crippen molar-refractivity contribution in [2.75, 3.05) is 39.6 Å². The zero-order valence-corrected chi connectivity index (χ0v) is 14.8. The number of benzene rings is 1. The number of hydrazine groups is 1. The lowest BCUT2D eigenvalue weighted by Crippen LogP contribution is -3.05. The van der Waals surface area contributed by atoms with Crippen molar-refractivity contribution in [3.8, 4) is 5.75 Å². The molecule has 0 spiro atoms. The minimum atomic E-state index is 0.409. The maximum Gasteiger partial charge on any atom is 0.189 e. The molecule has 0 bridgehead atoms. The van der Waals surface area contributed by atoms with Crippen LogP contribution in [0.25, 0.3) is 0 Å². The van der Waals surface area contributed by atoms with Gasteiger partial charge < -0.3 is 20.3 Å². The van der Waals surface area contributed by atoms with Crippen molar-refractivity contribution in [1.29, 1.82) is 0 Å². The molecule has 1 aromatic rings. The number of para-hydroxylation sites is 2. The van der Waals surface area contributed by atoms with Crippen molar-refractivity contribution in [2.45, 2.75) is 6.42 Å². The summed E-state index contributed by atoms with van der Waals surface area (Å²) in [7, 11) is 5.86. The van der Waals surface area contributed by atoms with Gasteiger partial charge in [0.05, 0.1) is 33.4 Å². The molecule has 0 amide bonds. The molecule has 0 aliphatic carbocycles. The first-order chi connectivity index (χ1) is 10.5. The van der Waals surface area contributed by atoms with E-state index in [0.717, 1.165) is 30.9 Å². The molecule has 122 valence electrons. The van der Waals surface area contributed by atoms with E-state index in [2.05, 4.69) is 35.6 Å². The van der Waals surface area contributed by atoms with E-state index in [1.165, 1.54) is 4.90 Å². The average molecular weight is 343 g/mol. The fourth-order valence-corrected chi connectivity index (χ4v) is 2.02. The lowest BCUT2D eigenvalue weighted by atomic mass is 10.3. The highest BCUT2D eigenvalue weighted by Crippen LogP contribution is 2.22. The first kappa shape index (κ1) is 18.4. The van der Waals surface area contributed by atoms with Crippen LogP contribution in [0.1, 0.15) is 6.42 Å². The van der Waals surface area contributed by atoms with E-state index in [1.54, 1.807) is 7.11 Å². The van der Waals surface area contributed by atoms with E-state index in [0.29, 0.717) is 10.2 Å². The summed E-state index contributed by atoms with van der Waals surface area (Å²) in [5.41, 5.74) is 6.47. The van der Waals surface area contributed by atoms with Crippen LogP contribution in [-0.4, -0.2) is 44.5 Å². The smallest absolute Gasteiger partial charge is 0.189 e. The molecule has 1 rings (SSSR count). The van der Waals surface area contributed by atoms with E-state index < -0.39 is 0 Å². The average Bonchev–Trinajstić information content (AvgIpc) is 2.50. The van der Waals surface area contributed by atoms with Crippen molar-refractivity contribution >= 4 is 40.3 Å². The number of methoxy groups -OCH3 is 1. The zero-order chi connectivity index (χ0) is 16.4. The Morgan fingerprint density at radius 1 is 1.14 bits per heavy atom. The number of hydrogen-bond donors (Lipinski definition) is 5. The summed E-state index contributed by atoms with van der Waals surface area (Å²) in [5, 5.41) is 7.07. The summed E-state index contributed by atoms with van der Waals surface area (Å²) in [6.45, 7) is 1.92. The Kier molecular flexibility index (Phi) is 8.49. The van der Waals surface area contributed by atoms with Gasteiger partial charge >= 0.3 is 0 Å². The SMILES string of the molecule is COc1ccccc1NC(=S)NNC(=S)NCCC[NH+](C)C. The lowest BCUT2D eigenvalue weighted by Gasteiger charge is -2.15. The summed E-state index contributed by atoms with van der Waals surface area (Å²) in [4.78, 5) is 1.42. The maximum atomic E-state index is 5.25. The molecule has 0 fully saturated rings. The van der Waals surface area contributed by atoms with Crippen molar-refractivity contribution in [2.24, 2.45) is 0 Å². The second-order valence-electron chi connectivity index (χ2n) is 4.97. The van der Waals surface area contributed by atoms with Gasteiger partial charge in [0.1, 0.15) is 5.75 Å². The largest absolute Gasteiger partial charge is 0.495 e. The van der Waals surface area contributed by atoms with E-state index >= 15 is 0 Å². The Balaban J connectivity index is 2.26. The third kappa shape index (κ3) is 7.39. The van der Waals surface area contributed by atoms with Crippen LogP contribution in [0.3, 0.4) is 0 Å². The normalized spacial score (nSPS) is 10.0. The fourth-order valence-electron chi connectivity index (χ4n) is 1.70. The van der Waals surface area contributed by atoms with Gasteiger partial charge in [0.25, 0.3) is 0 Å². The Labute approximate surface area is 142 Å². The third-order valence-corrected chi connectivity index (χ3v) is 3.23. The summed E-state index contributed by atoms with van der Waals surface area (Å²) in [5.74, 6) is 0.721. The third-order valence-electron chi connectivity index (χ3n) is 2.78. The number of rotatable bonds is 6. The van der Waals surface area contributed by atoms with Gasteiger partial charge in [-0.15, -0.1) is 0 Å². The van der Waals surface area contributed by atoms with Crippen LogP contribution in [0.4, 0.5) is 5.69 Å². The molecule has 0 saturated heterocycles. The standard InChI is InChI=1S/C14H23N5OS2/c1-19(2)10-6-9-15-13(21)17-18-14(22)16-11-7-4-5-8-12(11)20-3/h4-5,7-8H,6,9-10H2,1-3H3,(H2,15,17,21)(H2,16,18,22)/p+1. The first-order valence-electron chi connectivity index (χ1n) is 7.06. The van der Waals surface area contributed by atoms with Crippen LogP contribution in [0.15, 0.2) is 24.3 Å². The Morgan fingerprint density at radius 3 is 2.50 bits per heavy atom. The summed E-state index contributed by atoms with van der Waals surface area (Å²) >= 11 is 10.4. The highest BCUT2D eigenvalue weighted by Gasteiger charge is 2.04. The molecule has 0 atom stereocenters. The second-order valence-corrected chi connectivity index (χ2v) is 5.79. The monoisotopic (exact) mass is 342 g/mol.